The van der Waals surface area contributed by atoms with Crippen LogP contribution in [0.3, 0.4) is 0 Å². The number of halogens is 1. The van der Waals surface area contributed by atoms with Gasteiger partial charge >= 0.3 is 0 Å². The van der Waals surface area contributed by atoms with Crippen LogP contribution in [0.25, 0.3) is 21.5 Å². The van der Waals surface area contributed by atoms with Gasteiger partial charge in [-0.2, -0.15) is 0 Å². The minimum Gasteiger partial charge on any atom is -0.441 e. The van der Waals surface area contributed by atoms with E-state index in [0.717, 1.165) is 5.56 Å². The van der Waals surface area contributed by atoms with Crippen molar-refractivity contribution in [3.05, 3.63) is 65.9 Å². The van der Waals surface area contributed by atoms with Crippen molar-refractivity contribution in [1.29, 1.82) is 0 Å². The third-order valence-corrected chi connectivity index (χ3v) is 4.99. The lowest BCUT2D eigenvalue weighted by atomic mass is 10.1. The predicted molar refractivity (Wildman–Crippen MR) is 103 cm³/mol. The molecule has 2 aromatic carbocycles. The van der Waals surface area contributed by atoms with Gasteiger partial charge in [0.1, 0.15) is 5.82 Å². The Hall–Kier alpha value is -3.06. The highest BCUT2D eigenvalue weighted by Crippen LogP contribution is 2.26. The normalized spacial score (nSPS) is 11.0. The summed E-state index contributed by atoms with van der Waals surface area (Å²) in [5.41, 5.74) is 2.78. The van der Waals surface area contributed by atoms with Gasteiger partial charge in [0.05, 0.1) is 16.4 Å². The quantitative estimate of drug-likeness (QED) is 0.530. The maximum atomic E-state index is 13.2. The van der Waals surface area contributed by atoms with E-state index in [4.69, 9.17) is 4.42 Å². The van der Waals surface area contributed by atoms with Crippen LogP contribution in [0.5, 0.6) is 0 Å². The fraction of sp³-hybridized carbons (Fsp3) is 0.150. The maximum Gasteiger partial charge on any atom is 0.226 e. The van der Waals surface area contributed by atoms with Crippen LogP contribution in [0.1, 0.15) is 17.9 Å². The predicted octanol–water partition coefficient (Wildman–Crippen LogP) is 4.97. The molecule has 4 rings (SSSR count). The van der Waals surface area contributed by atoms with Gasteiger partial charge in [-0.3, -0.25) is 4.79 Å². The molecule has 0 saturated heterocycles. The first-order chi connectivity index (χ1) is 13.1. The molecule has 4 aromatic rings. The highest BCUT2D eigenvalue weighted by atomic mass is 32.1. The minimum absolute atomic E-state index is 0.190. The lowest BCUT2D eigenvalue weighted by molar-refractivity contribution is -0.116. The number of nitrogens with zero attached hydrogens (tertiary/aromatic N) is 2. The van der Waals surface area contributed by atoms with Gasteiger partial charge in [0.2, 0.25) is 5.91 Å². The molecular formula is C20H16FN3O2S. The molecule has 0 saturated carbocycles. The second kappa shape index (κ2) is 7.28. The lowest BCUT2D eigenvalue weighted by Crippen LogP contribution is -2.12. The molecule has 0 aliphatic heterocycles. The molecule has 5 nitrogen and oxygen atoms in total. The smallest absolute Gasteiger partial charge is 0.226 e. The molecule has 0 radical (unpaired) electrons. The van der Waals surface area contributed by atoms with Gasteiger partial charge in [0.25, 0.3) is 0 Å². The largest absolute Gasteiger partial charge is 0.441 e. The van der Waals surface area contributed by atoms with E-state index in [0.29, 0.717) is 33.4 Å². The zero-order valence-corrected chi connectivity index (χ0v) is 15.3. The molecule has 1 amide bonds. The fourth-order valence-corrected chi connectivity index (χ4v) is 3.54. The van der Waals surface area contributed by atoms with Crippen LogP contribution in [0.2, 0.25) is 0 Å². The van der Waals surface area contributed by atoms with Crippen LogP contribution >= 0.6 is 11.3 Å². The molecule has 136 valence electrons. The number of aromatic nitrogens is 2. The number of nitrogens with one attached hydrogen (secondary N) is 1. The summed E-state index contributed by atoms with van der Waals surface area (Å²) in [6.07, 6.45) is 2.27. The van der Waals surface area contributed by atoms with Crippen LogP contribution in [0, 0.1) is 12.7 Å². The van der Waals surface area contributed by atoms with Crippen LogP contribution in [-0.2, 0) is 11.2 Å². The first-order valence-electron chi connectivity index (χ1n) is 8.44. The van der Waals surface area contributed by atoms with E-state index in [1.807, 2.05) is 31.2 Å². The van der Waals surface area contributed by atoms with Crippen molar-refractivity contribution in [1.82, 2.24) is 9.97 Å². The average molecular weight is 381 g/mol. The number of anilines is 1. The standard InChI is InChI=1S/C20H16FN3O2S/c1-12-2-4-13(5-3-12)16-11-22-19(26-16)9-8-18(25)24-20-23-15-7-6-14(21)10-17(15)27-20/h2-7,10-11H,8-9H2,1H3,(H,23,24,25). The first-order valence-corrected chi connectivity index (χ1v) is 9.26. The van der Waals surface area contributed by atoms with Gasteiger partial charge in [-0.15, -0.1) is 0 Å². The van der Waals surface area contributed by atoms with Crippen LogP contribution in [0.4, 0.5) is 9.52 Å². The number of carbonyl (C=O) groups is 1. The van der Waals surface area contributed by atoms with E-state index in [1.54, 1.807) is 12.3 Å². The summed E-state index contributed by atoms with van der Waals surface area (Å²) in [6.45, 7) is 2.02. The van der Waals surface area contributed by atoms with E-state index in [1.165, 1.54) is 29.0 Å². The number of oxazole rings is 1. The van der Waals surface area contributed by atoms with Crippen molar-refractivity contribution in [2.24, 2.45) is 0 Å². The first kappa shape index (κ1) is 17.4. The summed E-state index contributed by atoms with van der Waals surface area (Å²) in [5, 5.41) is 3.19. The van der Waals surface area contributed by atoms with E-state index >= 15 is 0 Å². The molecule has 1 N–H and O–H groups in total. The third-order valence-electron chi connectivity index (χ3n) is 4.05. The third kappa shape index (κ3) is 4.03. The number of amides is 1. The second-order valence-electron chi connectivity index (χ2n) is 6.16. The van der Waals surface area contributed by atoms with Crippen molar-refractivity contribution in [3.8, 4) is 11.3 Å². The minimum atomic E-state index is -0.322. The van der Waals surface area contributed by atoms with Gasteiger partial charge < -0.3 is 9.73 Å². The Morgan fingerprint density at radius 3 is 2.85 bits per heavy atom. The molecule has 0 atom stereocenters. The van der Waals surface area contributed by atoms with Crippen molar-refractivity contribution >= 4 is 32.6 Å². The summed E-state index contributed by atoms with van der Waals surface area (Å²) in [7, 11) is 0. The number of carbonyl (C=O) groups excluding carboxylic acids is 1. The molecule has 0 aliphatic carbocycles. The Bertz CT molecular complexity index is 1100. The zero-order valence-electron chi connectivity index (χ0n) is 14.5. The SMILES string of the molecule is Cc1ccc(-c2cnc(CCC(=O)Nc3nc4ccc(F)cc4s3)o2)cc1. The molecule has 0 aliphatic rings. The topological polar surface area (TPSA) is 68.0 Å². The highest BCUT2D eigenvalue weighted by molar-refractivity contribution is 7.22. The monoisotopic (exact) mass is 381 g/mol. The number of hydrogen-bond acceptors (Lipinski definition) is 5. The Kier molecular flexibility index (Phi) is 4.68. The summed E-state index contributed by atoms with van der Waals surface area (Å²) in [5.74, 6) is 0.674. The fourth-order valence-electron chi connectivity index (χ4n) is 2.63. The number of thiazole rings is 1. The van der Waals surface area contributed by atoms with E-state index in [-0.39, 0.29) is 18.1 Å². The Balaban J connectivity index is 1.36. The second-order valence-corrected chi connectivity index (χ2v) is 7.19. The molecule has 0 unspecified atom stereocenters. The lowest BCUT2D eigenvalue weighted by Gasteiger charge is -2.00. The van der Waals surface area contributed by atoms with E-state index in [2.05, 4.69) is 15.3 Å². The number of fused-ring (bicyclic) bond motifs is 1. The molecule has 2 aromatic heterocycles. The van der Waals surface area contributed by atoms with Gasteiger partial charge in [-0.05, 0) is 25.1 Å². The highest BCUT2D eigenvalue weighted by Gasteiger charge is 2.11. The number of benzene rings is 2. The number of aryl methyl sites for hydroxylation is 2. The Labute approximate surface area is 158 Å². The average Bonchev–Trinajstić information content (AvgIpc) is 3.26. The molecule has 2 heterocycles. The Morgan fingerprint density at radius 2 is 2.04 bits per heavy atom. The summed E-state index contributed by atoms with van der Waals surface area (Å²) in [4.78, 5) is 20.7. The van der Waals surface area contributed by atoms with Crippen LogP contribution < -0.4 is 5.32 Å². The van der Waals surface area contributed by atoms with Crippen molar-refractivity contribution < 1.29 is 13.6 Å². The van der Waals surface area contributed by atoms with Crippen LogP contribution in [0.15, 0.2) is 53.1 Å². The maximum absolute atomic E-state index is 13.2. The van der Waals surface area contributed by atoms with Gasteiger partial charge in [-0.1, -0.05) is 41.2 Å². The van der Waals surface area contributed by atoms with E-state index in [9.17, 15) is 9.18 Å². The molecule has 0 fully saturated rings. The summed E-state index contributed by atoms with van der Waals surface area (Å²) >= 11 is 1.24. The van der Waals surface area contributed by atoms with Gasteiger partial charge in [0.15, 0.2) is 16.8 Å². The molecular weight excluding hydrogens is 365 g/mol. The van der Waals surface area contributed by atoms with Crippen molar-refractivity contribution in [3.63, 3.8) is 0 Å². The summed E-state index contributed by atoms with van der Waals surface area (Å²) < 4.78 is 19.7. The molecule has 7 heteroatoms. The zero-order chi connectivity index (χ0) is 18.8. The molecule has 0 spiro atoms. The van der Waals surface area contributed by atoms with Crippen LogP contribution in [-0.4, -0.2) is 15.9 Å². The van der Waals surface area contributed by atoms with Gasteiger partial charge in [-0.25, -0.2) is 14.4 Å². The van der Waals surface area contributed by atoms with Crippen molar-refractivity contribution in [2.75, 3.05) is 5.32 Å². The summed E-state index contributed by atoms with van der Waals surface area (Å²) in [6, 6.07) is 12.3. The molecule has 27 heavy (non-hydrogen) atoms. The van der Waals surface area contributed by atoms with Crippen molar-refractivity contribution in [2.45, 2.75) is 19.8 Å². The number of rotatable bonds is 5. The Morgan fingerprint density at radius 1 is 1.22 bits per heavy atom. The molecule has 0 bridgehead atoms. The van der Waals surface area contributed by atoms with Gasteiger partial charge in [0, 0.05) is 18.4 Å². The number of hydrogen-bond donors (Lipinski definition) is 1. The van der Waals surface area contributed by atoms with E-state index < -0.39 is 0 Å².